The number of nitrogens with one attached hydrogen (secondary N) is 1. The molecule has 0 spiro atoms. The summed E-state index contributed by atoms with van der Waals surface area (Å²) in [5.41, 5.74) is 1.84. The van der Waals surface area contributed by atoms with Crippen LogP contribution < -0.4 is 15.3 Å². The molecule has 0 saturated carbocycles. The second kappa shape index (κ2) is 6.22. The molecule has 1 fully saturated rings. The van der Waals surface area contributed by atoms with Crippen LogP contribution in [0.3, 0.4) is 0 Å². The van der Waals surface area contributed by atoms with Crippen LogP contribution in [0, 0.1) is 0 Å². The fraction of sp³-hybridized carbons (Fsp3) is 0.429. The van der Waals surface area contributed by atoms with E-state index in [1.165, 1.54) is 12.8 Å². The van der Waals surface area contributed by atoms with Gasteiger partial charge in [-0.2, -0.15) is 0 Å². The van der Waals surface area contributed by atoms with E-state index in [-0.39, 0.29) is 18.7 Å². The molecule has 0 bridgehead atoms. The minimum atomic E-state index is -1.21. The zero-order valence-corrected chi connectivity index (χ0v) is 10.7. The fourth-order valence-electron chi connectivity index (χ4n) is 2.17. The molecule has 2 rings (SSSR count). The van der Waals surface area contributed by atoms with Crippen LogP contribution in [0.4, 0.5) is 11.4 Å². The quantitative estimate of drug-likeness (QED) is 0.849. The minimum Gasteiger partial charge on any atom is -0.550 e. The summed E-state index contributed by atoms with van der Waals surface area (Å²) in [7, 11) is 0. The molecule has 0 unspecified atom stereocenters. The van der Waals surface area contributed by atoms with Crippen LogP contribution in [-0.4, -0.2) is 25.0 Å². The summed E-state index contributed by atoms with van der Waals surface area (Å²) in [5.74, 6) is -1.52. The van der Waals surface area contributed by atoms with Crippen molar-refractivity contribution in [3.05, 3.63) is 24.3 Å². The average Bonchev–Trinajstić information content (AvgIpc) is 2.91. The molecule has 1 aromatic carbocycles. The fourth-order valence-corrected chi connectivity index (χ4v) is 2.17. The van der Waals surface area contributed by atoms with Gasteiger partial charge in [-0.15, -0.1) is 0 Å². The molecule has 1 aliphatic rings. The van der Waals surface area contributed by atoms with E-state index in [1.807, 2.05) is 24.3 Å². The second-order valence-corrected chi connectivity index (χ2v) is 4.66. The molecule has 0 radical (unpaired) electrons. The molecule has 5 heteroatoms. The van der Waals surface area contributed by atoms with Crippen molar-refractivity contribution in [3.63, 3.8) is 0 Å². The summed E-state index contributed by atoms with van der Waals surface area (Å²) < 4.78 is 0. The summed E-state index contributed by atoms with van der Waals surface area (Å²) in [6.45, 7) is 2.16. The third-order valence-corrected chi connectivity index (χ3v) is 3.18. The molecule has 1 amide bonds. The number of hydrogen-bond donors (Lipinski definition) is 1. The Morgan fingerprint density at radius 3 is 2.32 bits per heavy atom. The summed E-state index contributed by atoms with van der Waals surface area (Å²) in [6, 6.07) is 7.62. The van der Waals surface area contributed by atoms with Gasteiger partial charge in [0, 0.05) is 36.9 Å². The predicted octanol–water partition coefficient (Wildman–Crippen LogP) is 0.755. The average molecular weight is 261 g/mol. The van der Waals surface area contributed by atoms with Crippen molar-refractivity contribution in [1.82, 2.24) is 0 Å². The molecule has 5 nitrogen and oxygen atoms in total. The van der Waals surface area contributed by atoms with E-state index in [9.17, 15) is 14.7 Å². The van der Waals surface area contributed by atoms with Gasteiger partial charge in [0.15, 0.2) is 0 Å². The van der Waals surface area contributed by atoms with Crippen molar-refractivity contribution in [2.75, 3.05) is 23.3 Å². The maximum atomic E-state index is 11.4. The van der Waals surface area contributed by atoms with E-state index in [0.717, 1.165) is 18.8 Å². The van der Waals surface area contributed by atoms with Crippen LogP contribution in [0.1, 0.15) is 25.7 Å². The van der Waals surface area contributed by atoms with Crippen LogP contribution in [0.2, 0.25) is 0 Å². The molecule has 0 aromatic heterocycles. The number of amides is 1. The van der Waals surface area contributed by atoms with E-state index in [2.05, 4.69) is 10.2 Å². The number of rotatable bonds is 5. The lowest BCUT2D eigenvalue weighted by atomic mass is 10.2. The van der Waals surface area contributed by atoms with E-state index in [0.29, 0.717) is 5.69 Å². The number of nitrogens with zero attached hydrogens (tertiary/aromatic N) is 1. The summed E-state index contributed by atoms with van der Waals surface area (Å²) in [5, 5.41) is 12.9. The second-order valence-electron chi connectivity index (χ2n) is 4.66. The Hall–Kier alpha value is -2.04. The Labute approximate surface area is 112 Å². The lowest BCUT2D eigenvalue weighted by molar-refractivity contribution is -0.305. The van der Waals surface area contributed by atoms with Gasteiger partial charge in [-0.1, -0.05) is 0 Å². The summed E-state index contributed by atoms with van der Waals surface area (Å²) in [4.78, 5) is 24.0. The van der Waals surface area contributed by atoms with Crippen molar-refractivity contribution < 1.29 is 14.7 Å². The van der Waals surface area contributed by atoms with Gasteiger partial charge in [-0.25, -0.2) is 0 Å². The van der Waals surface area contributed by atoms with Crippen LogP contribution in [0.15, 0.2) is 24.3 Å². The van der Waals surface area contributed by atoms with Crippen molar-refractivity contribution in [1.29, 1.82) is 0 Å². The van der Waals surface area contributed by atoms with Gasteiger partial charge < -0.3 is 20.1 Å². The smallest absolute Gasteiger partial charge is 0.224 e. The number of benzene rings is 1. The lowest BCUT2D eigenvalue weighted by Crippen LogP contribution is -2.24. The Morgan fingerprint density at radius 2 is 1.74 bits per heavy atom. The Bertz CT molecular complexity index is 450. The predicted molar refractivity (Wildman–Crippen MR) is 70.8 cm³/mol. The molecule has 1 saturated heterocycles. The number of anilines is 2. The topological polar surface area (TPSA) is 72.5 Å². The number of carbonyl (C=O) groups excluding carboxylic acids is 2. The van der Waals surface area contributed by atoms with Gasteiger partial charge in [-0.3, -0.25) is 4.79 Å². The normalized spacial score (nSPS) is 14.4. The zero-order valence-electron chi connectivity index (χ0n) is 10.7. The lowest BCUT2D eigenvalue weighted by Gasteiger charge is -2.17. The van der Waals surface area contributed by atoms with Gasteiger partial charge in [0.1, 0.15) is 0 Å². The van der Waals surface area contributed by atoms with Gasteiger partial charge in [-0.05, 0) is 43.5 Å². The van der Waals surface area contributed by atoms with Gasteiger partial charge in [0.2, 0.25) is 5.91 Å². The molecule has 102 valence electrons. The first-order valence-electron chi connectivity index (χ1n) is 6.50. The molecular weight excluding hydrogens is 244 g/mol. The summed E-state index contributed by atoms with van der Waals surface area (Å²) in [6.07, 6.45) is 2.14. The molecular formula is C14H17N2O3-. The monoisotopic (exact) mass is 261 g/mol. The largest absolute Gasteiger partial charge is 0.550 e. The van der Waals surface area contributed by atoms with Crippen molar-refractivity contribution in [3.8, 4) is 0 Å². The van der Waals surface area contributed by atoms with E-state index in [4.69, 9.17) is 0 Å². The van der Waals surface area contributed by atoms with E-state index in [1.54, 1.807) is 0 Å². The third-order valence-electron chi connectivity index (χ3n) is 3.18. The number of hydrogen-bond acceptors (Lipinski definition) is 4. The van der Waals surface area contributed by atoms with E-state index < -0.39 is 5.97 Å². The number of aliphatic carboxylic acids is 1. The molecule has 19 heavy (non-hydrogen) atoms. The SMILES string of the molecule is O=C([O-])CCC(=O)Nc1ccc(N2CCCC2)cc1. The van der Waals surface area contributed by atoms with Crippen molar-refractivity contribution in [2.24, 2.45) is 0 Å². The molecule has 0 atom stereocenters. The van der Waals surface area contributed by atoms with Gasteiger partial charge >= 0.3 is 0 Å². The number of carbonyl (C=O) groups is 2. The highest BCUT2D eigenvalue weighted by Gasteiger charge is 2.12. The first-order valence-corrected chi connectivity index (χ1v) is 6.50. The Morgan fingerprint density at radius 1 is 1.11 bits per heavy atom. The molecule has 0 aliphatic carbocycles. The maximum absolute atomic E-state index is 11.4. The van der Waals surface area contributed by atoms with Gasteiger partial charge in [0.25, 0.3) is 0 Å². The van der Waals surface area contributed by atoms with Crippen molar-refractivity contribution >= 4 is 23.3 Å². The minimum absolute atomic E-state index is 0.0593. The highest BCUT2D eigenvalue weighted by atomic mass is 16.4. The molecule has 1 heterocycles. The number of carboxylic acids is 1. The third kappa shape index (κ3) is 3.98. The molecule has 1 aromatic rings. The zero-order chi connectivity index (χ0) is 13.7. The van der Waals surface area contributed by atoms with Crippen LogP contribution >= 0.6 is 0 Å². The van der Waals surface area contributed by atoms with Crippen LogP contribution in [0.25, 0.3) is 0 Å². The first-order chi connectivity index (χ1) is 9.15. The van der Waals surface area contributed by atoms with Crippen LogP contribution in [0.5, 0.6) is 0 Å². The number of carboxylic acid groups (broad SMARTS) is 1. The highest BCUT2D eigenvalue weighted by molar-refractivity contribution is 5.92. The summed E-state index contributed by atoms with van der Waals surface area (Å²) >= 11 is 0. The van der Waals surface area contributed by atoms with Crippen molar-refractivity contribution in [2.45, 2.75) is 25.7 Å². The Kier molecular flexibility index (Phi) is 4.39. The highest BCUT2D eigenvalue weighted by Crippen LogP contribution is 2.22. The molecule has 1 aliphatic heterocycles. The molecule has 1 N–H and O–H groups in total. The van der Waals surface area contributed by atoms with Crippen LogP contribution in [-0.2, 0) is 9.59 Å². The van der Waals surface area contributed by atoms with E-state index >= 15 is 0 Å². The first kappa shape index (κ1) is 13.4. The Balaban J connectivity index is 1.87. The van der Waals surface area contributed by atoms with Gasteiger partial charge in [0.05, 0.1) is 0 Å². The standard InChI is InChI=1S/C14H18N2O3/c17-13(7-8-14(18)19)15-11-3-5-12(6-4-11)16-9-1-2-10-16/h3-6H,1-2,7-10H2,(H,15,17)(H,18,19)/p-1. The maximum Gasteiger partial charge on any atom is 0.224 e.